The molecule has 30 heavy (non-hydrogen) atoms. The summed E-state index contributed by atoms with van der Waals surface area (Å²) in [4.78, 5) is 0. The molecule has 2 heteroatoms. The molecule has 0 aliphatic rings. The van der Waals surface area contributed by atoms with Crippen molar-refractivity contribution in [2.75, 3.05) is 26.2 Å². The van der Waals surface area contributed by atoms with Crippen LogP contribution in [0.15, 0.2) is 0 Å². The number of nitrogens with zero attached hydrogens (tertiary/aromatic N) is 1. The van der Waals surface area contributed by atoms with Crippen LogP contribution in [0.2, 0.25) is 0 Å². The molecule has 0 aromatic heterocycles. The standard InChI is InChI=1S/C28H60N.HI/c1-5-9-13-15-17-19-21-23-27-29(25-11-7-3,26-12-8-4)28-24-22-20-18-16-14-10-6-2;/h5-28H2,1-4H3;1H/q+1;/p-1. The normalized spacial score (nSPS) is 11.6. The van der Waals surface area contributed by atoms with Crippen LogP contribution in [0.1, 0.15) is 156 Å². The molecule has 0 saturated carbocycles. The van der Waals surface area contributed by atoms with Crippen molar-refractivity contribution in [2.45, 2.75) is 156 Å². The largest absolute Gasteiger partial charge is 1.00 e. The Morgan fingerprint density at radius 1 is 0.300 bits per heavy atom. The first-order chi connectivity index (χ1) is 14.2. The lowest BCUT2D eigenvalue weighted by Crippen LogP contribution is -3.00. The van der Waals surface area contributed by atoms with Gasteiger partial charge in [0.25, 0.3) is 0 Å². The molecule has 0 aromatic carbocycles. The second kappa shape index (κ2) is 25.9. The second-order valence-electron chi connectivity index (χ2n) is 9.89. The van der Waals surface area contributed by atoms with Gasteiger partial charge >= 0.3 is 0 Å². The Labute approximate surface area is 210 Å². The molecule has 0 bridgehead atoms. The summed E-state index contributed by atoms with van der Waals surface area (Å²) in [5, 5.41) is 0. The van der Waals surface area contributed by atoms with Gasteiger partial charge in [-0.1, -0.05) is 118 Å². The van der Waals surface area contributed by atoms with Crippen LogP contribution in [0.3, 0.4) is 0 Å². The summed E-state index contributed by atoms with van der Waals surface area (Å²) in [7, 11) is 0. The number of unbranched alkanes of at least 4 members (excludes halogenated alkanes) is 16. The molecule has 0 unspecified atom stereocenters. The highest BCUT2D eigenvalue weighted by Gasteiger charge is 2.25. The van der Waals surface area contributed by atoms with Crippen molar-refractivity contribution in [1.82, 2.24) is 0 Å². The zero-order valence-electron chi connectivity index (χ0n) is 21.8. The Bertz CT molecular complexity index is 275. The molecule has 0 amide bonds. The molecule has 0 aromatic rings. The number of rotatable bonds is 24. The van der Waals surface area contributed by atoms with E-state index >= 15 is 0 Å². The topological polar surface area (TPSA) is 0 Å². The molecule has 0 spiro atoms. The van der Waals surface area contributed by atoms with Gasteiger partial charge in [0, 0.05) is 0 Å². The van der Waals surface area contributed by atoms with E-state index in [2.05, 4.69) is 27.7 Å². The molecular formula is C28H60IN. The molecule has 0 radical (unpaired) electrons. The maximum Gasteiger partial charge on any atom is 0.0786 e. The lowest BCUT2D eigenvalue weighted by atomic mass is 10.1. The van der Waals surface area contributed by atoms with Crippen molar-refractivity contribution in [3.8, 4) is 0 Å². The fraction of sp³-hybridized carbons (Fsp3) is 1.00. The van der Waals surface area contributed by atoms with Gasteiger partial charge in [0.05, 0.1) is 26.2 Å². The quantitative estimate of drug-likeness (QED) is 0.0731. The molecule has 0 fully saturated rings. The van der Waals surface area contributed by atoms with Crippen LogP contribution in [0.4, 0.5) is 0 Å². The van der Waals surface area contributed by atoms with Crippen LogP contribution in [-0.4, -0.2) is 30.7 Å². The summed E-state index contributed by atoms with van der Waals surface area (Å²) in [6.45, 7) is 15.2. The summed E-state index contributed by atoms with van der Waals surface area (Å²) in [5.74, 6) is 0. The minimum atomic E-state index is 0. The lowest BCUT2D eigenvalue weighted by molar-refractivity contribution is -0.929. The van der Waals surface area contributed by atoms with E-state index in [0.717, 1.165) is 0 Å². The Kier molecular flexibility index (Phi) is 28.4. The molecule has 0 atom stereocenters. The van der Waals surface area contributed by atoms with Gasteiger partial charge in [0.1, 0.15) is 0 Å². The van der Waals surface area contributed by atoms with Crippen molar-refractivity contribution in [2.24, 2.45) is 0 Å². The molecule has 0 rings (SSSR count). The van der Waals surface area contributed by atoms with Crippen LogP contribution in [-0.2, 0) is 0 Å². The van der Waals surface area contributed by atoms with E-state index in [4.69, 9.17) is 0 Å². The molecule has 0 aliphatic carbocycles. The van der Waals surface area contributed by atoms with E-state index in [-0.39, 0.29) is 24.0 Å². The first-order valence-electron chi connectivity index (χ1n) is 14.1. The average Bonchev–Trinajstić information content (AvgIpc) is 2.74. The third kappa shape index (κ3) is 20.6. The van der Waals surface area contributed by atoms with Gasteiger partial charge in [-0.2, -0.15) is 0 Å². The summed E-state index contributed by atoms with van der Waals surface area (Å²) < 4.78 is 1.45. The summed E-state index contributed by atoms with van der Waals surface area (Å²) in [6, 6.07) is 0. The van der Waals surface area contributed by atoms with E-state index in [1.165, 1.54) is 159 Å². The van der Waals surface area contributed by atoms with Crippen LogP contribution < -0.4 is 24.0 Å². The van der Waals surface area contributed by atoms with Crippen molar-refractivity contribution >= 4 is 0 Å². The molecule has 1 nitrogen and oxygen atoms in total. The zero-order valence-corrected chi connectivity index (χ0v) is 24.0. The van der Waals surface area contributed by atoms with E-state index < -0.39 is 0 Å². The highest BCUT2D eigenvalue weighted by atomic mass is 127. The predicted molar refractivity (Wildman–Crippen MR) is 135 cm³/mol. The molecule has 0 N–H and O–H groups in total. The van der Waals surface area contributed by atoms with Crippen molar-refractivity contribution in [3.63, 3.8) is 0 Å². The van der Waals surface area contributed by atoms with Crippen molar-refractivity contribution in [1.29, 1.82) is 0 Å². The fourth-order valence-electron chi connectivity index (χ4n) is 4.82. The number of hydrogen-bond donors (Lipinski definition) is 0. The van der Waals surface area contributed by atoms with Crippen LogP contribution >= 0.6 is 0 Å². The monoisotopic (exact) mass is 537 g/mol. The smallest absolute Gasteiger partial charge is 0.0786 e. The number of halogens is 1. The third-order valence-electron chi connectivity index (χ3n) is 6.94. The van der Waals surface area contributed by atoms with E-state index in [9.17, 15) is 0 Å². The SMILES string of the molecule is CCCCCCCCCC[N+](CCCC)(CCCC)CCCCCCCCCC.[I-]. The highest BCUT2D eigenvalue weighted by Crippen LogP contribution is 2.19. The Morgan fingerprint density at radius 3 is 0.833 bits per heavy atom. The molecular weight excluding hydrogens is 477 g/mol. The van der Waals surface area contributed by atoms with Gasteiger partial charge in [0.2, 0.25) is 0 Å². The molecule has 184 valence electrons. The molecule has 0 saturated heterocycles. The highest BCUT2D eigenvalue weighted by molar-refractivity contribution is 4.53. The van der Waals surface area contributed by atoms with Gasteiger partial charge in [-0.3, -0.25) is 0 Å². The summed E-state index contributed by atoms with van der Waals surface area (Å²) >= 11 is 0. The van der Waals surface area contributed by atoms with Gasteiger partial charge < -0.3 is 28.5 Å². The van der Waals surface area contributed by atoms with Gasteiger partial charge in [0.15, 0.2) is 0 Å². The van der Waals surface area contributed by atoms with Crippen LogP contribution in [0, 0.1) is 0 Å². The van der Waals surface area contributed by atoms with E-state index in [1.54, 1.807) is 0 Å². The molecule has 0 aliphatic heterocycles. The van der Waals surface area contributed by atoms with Gasteiger partial charge in [-0.25, -0.2) is 0 Å². The Balaban J connectivity index is 0. The predicted octanol–water partition coefficient (Wildman–Crippen LogP) is 6.69. The Morgan fingerprint density at radius 2 is 0.533 bits per heavy atom. The second-order valence-corrected chi connectivity index (χ2v) is 9.89. The van der Waals surface area contributed by atoms with Gasteiger partial charge in [-0.05, 0) is 38.5 Å². The zero-order chi connectivity index (χ0) is 21.5. The number of hydrogen-bond acceptors (Lipinski definition) is 0. The van der Waals surface area contributed by atoms with Crippen molar-refractivity contribution < 1.29 is 28.5 Å². The summed E-state index contributed by atoms with van der Waals surface area (Å²) in [5.41, 5.74) is 0. The van der Waals surface area contributed by atoms with Crippen LogP contribution in [0.5, 0.6) is 0 Å². The fourth-order valence-corrected chi connectivity index (χ4v) is 4.82. The first-order valence-corrected chi connectivity index (χ1v) is 14.1. The number of quaternary nitrogens is 1. The third-order valence-corrected chi connectivity index (χ3v) is 6.94. The van der Waals surface area contributed by atoms with E-state index in [0.29, 0.717) is 0 Å². The van der Waals surface area contributed by atoms with Crippen LogP contribution in [0.25, 0.3) is 0 Å². The molecule has 0 heterocycles. The minimum Gasteiger partial charge on any atom is -1.00 e. The van der Waals surface area contributed by atoms with Gasteiger partial charge in [-0.15, -0.1) is 0 Å². The lowest BCUT2D eigenvalue weighted by Gasteiger charge is -2.39. The average molecular weight is 538 g/mol. The maximum absolute atomic E-state index is 2.38. The van der Waals surface area contributed by atoms with Crippen molar-refractivity contribution in [3.05, 3.63) is 0 Å². The minimum absolute atomic E-state index is 0. The van der Waals surface area contributed by atoms with E-state index in [1.807, 2.05) is 0 Å². The first kappa shape index (κ1) is 32.9. The summed E-state index contributed by atoms with van der Waals surface area (Å²) in [6.07, 6.45) is 28.8. The Hall–Kier alpha value is 0.690. The maximum atomic E-state index is 2.38.